The minimum atomic E-state index is 0.540. The van der Waals surface area contributed by atoms with Crippen molar-refractivity contribution in [2.45, 2.75) is 19.3 Å². The maximum atomic E-state index is 5.93. The van der Waals surface area contributed by atoms with Gasteiger partial charge in [-0.1, -0.05) is 23.2 Å². The van der Waals surface area contributed by atoms with Crippen molar-refractivity contribution in [1.82, 2.24) is 4.98 Å². The molecule has 0 radical (unpaired) electrons. The lowest BCUT2D eigenvalue weighted by Crippen LogP contribution is -2.03. The number of terminal acetylenes is 1. The summed E-state index contributed by atoms with van der Waals surface area (Å²) in [6.07, 6.45) is 9.53. The summed E-state index contributed by atoms with van der Waals surface area (Å²) in [5, 5.41) is 4.21. The third-order valence-electron chi connectivity index (χ3n) is 1.85. The van der Waals surface area contributed by atoms with Crippen LogP contribution in [0.1, 0.15) is 19.3 Å². The minimum absolute atomic E-state index is 0.540. The van der Waals surface area contributed by atoms with E-state index in [4.69, 9.17) is 29.6 Å². The zero-order valence-electron chi connectivity index (χ0n) is 8.26. The molecule has 0 atom stereocenters. The van der Waals surface area contributed by atoms with Crippen molar-refractivity contribution in [3.05, 3.63) is 22.3 Å². The van der Waals surface area contributed by atoms with E-state index >= 15 is 0 Å². The van der Waals surface area contributed by atoms with E-state index in [1.165, 1.54) is 0 Å². The molecule has 0 spiro atoms. The molecule has 1 rings (SSSR count). The zero-order valence-corrected chi connectivity index (χ0v) is 9.78. The van der Waals surface area contributed by atoms with Crippen LogP contribution in [0.3, 0.4) is 0 Å². The second-order valence-corrected chi connectivity index (χ2v) is 3.92. The van der Waals surface area contributed by atoms with Gasteiger partial charge in [-0.2, -0.15) is 0 Å². The van der Waals surface area contributed by atoms with Crippen LogP contribution in [0.15, 0.2) is 12.3 Å². The molecule has 0 aromatic carbocycles. The molecule has 1 aromatic heterocycles. The van der Waals surface area contributed by atoms with Crippen LogP contribution in [0, 0.1) is 12.3 Å². The van der Waals surface area contributed by atoms with Gasteiger partial charge in [-0.05, 0) is 18.9 Å². The first-order chi connectivity index (χ1) is 7.24. The number of hydrogen-bond acceptors (Lipinski definition) is 2. The van der Waals surface area contributed by atoms with Crippen molar-refractivity contribution in [1.29, 1.82) is 0 Å². The Morgan fingerprint density at radius 2 is 2.20 bits per heavy atom. The van der Waals surface area contributed by atoms with Gasteiger partial charge in [0.25, 0.3) is 0 Å². The number of pyridine rings is 1. The van der Waals surface area contributed by atoms with E-state index in [9.17, 15) is 0 Å². The summed E-state index contributed by atoms with van der Waals surface area (Å²) in [5.41, 5.74) is 0. The first-order valence-corrected chi connectivity index (χ1v) is 5.48. The number of unbranched alkanes of at least 4 members (excludes halogenated alkanes) is 2. The number of anilines is 1. The van der Waals surface area contributed by atoms with Crippen molar-refractivity contribution in [2.75, 3.05) is 11.9 Å². The predicted molar refractivity (Wildman–Crippen MR) is 65.4 cm³/mol. The van der Waals surface area contributed by atoms with Gasteiger partial charge in [-0.15, -0.1) is 12.3 Å². The number of nitrogens with zero attached hydrogens (tertiary/aromatic N) is 1. The van der Waals surface area contributed by atoms with Crippen LogP contribution < -0.4 is 5.32 Å². The number of halogens is 2. The van der Waals surface area contributed by atoms with Crippen molar-refractivity contribution in [3.8, 4) is 12.3 Å². The predicted octanol–water partition coefficient (Wildman–Crippen LogP) is 3.60. The lowest BCUT2D eigenvalue weighted by molar-refractivity contribution is 0.787. The molecule has 15 heavy (non-hydrogen) atoms. The summed E-state index contributed by atoms with van der Waals surface area (Å²) >= 11 is 11.7. The Morgan fingerprint density at radius 1 is 1.40 bits per heavy atom. The first-order valence-electron chi connectivity index (χ1n) is 4.72. The Morgan fingerprint density at radius 3 is 2.87 bits per heavy atom. The standard InChI is InChI=1S/C11H12Cl2N2/c1-2-3-4-5-6-14-11-10(13)7-9(12)8-15-11/h1,7-8H,3-6H2,(H,14,15). The van der Waals surface area contributed by atoms with Crippen LogP contribution in [0.25, 0.3) is 0 Å². The van der Waals surface area contributed by atoms with E-state index in [0.717, 1.165) is 25.8 Å². The van der Waals surface area contributed by atoms with Gasteiger partial charge in [0.15, 0.2) is 0 Å². The number of nitrogens with one attached hydrogen (secondary N) is 1. The SMILES string of the molecule is C#CCCCCNc1ncc(Cl)cc1Cl. The van der Waals surface area contributed by atoms with Gasteiger partial charge in [0.2, 0.25) is 0 Å². The normalized spacial score (nSPS) is 9.67. The second-order valence-electron chi connectivity index (χ2n) is 3.07. The summed E-state index contributed by atoms with van der Waals surface area (Å²) in [5.74, 6) is 3.27. The Labute approximate surface area is 100.0 Å². The zero-order chi connectivity index (χ0) is 11.1. The Hall–Kier alpha value is -0.910. The molecule has 0 unspecified atom stereocenters. The second kappa shape index (κ2) is 6.55. The fourth-order valence-electron chi connectivity index (χ4n) is 1.10. The van der Waals surface area contributed by atoms with Crippen molar-refractivity contribution >= 4 is 29.0 Å². The number of rotatable bonds is 5. The molecule has 0 bridgehead atoms. The van der Waals surface area contributed by atoms with E-state index in [1.54, 1.807) is 12.3 Å². The maximum Gasteiger partial charge on any atom is 0.144 e. The fraction of sp³-hybridized carbons (Fsp3) is 0.364. The molecule has 1 N–H and O–H groups in total. The highest BCUT2D eigenvalue weighted by atomic mass is 35.5. The molecule has 4 heteroatoms. The van der Waals surface area contributed by atoms with Gasteiger partial charge >= 0.3 is 0 Å². The highest BCUT2D eigenvalue weighted by molar-refractivity contribution is 6.35. The van der Waals surface area contributed by atoms with Gasteiger partial charge in [0, 0.05) is 19.2 Å². The molecule has 0 aliphatic heterocycles. The van der Waals surface area contributed by atoms with Crippen LogP contribution in [0.2, 0.25) is 10.0 Å². The molecule has 80 valence electrons. The average Bonchev–Trinajstić information content (AvgIpc) is 2.20. The molecular weight excluding hydrogens is 231 g/mol. The summed E-state index contributed by atoms with van der Waals surface area (Å²) < 4.78 is 0. The molecular formula is C11H12Cl2N2. The van der Waals surface area contributed by atoms with Gasteiger partial charge in [-0.25, -0.2) is 4.98 Å². The Balaban J connectivity index is 2.35. The minimum Gasteiger partial charge on any atom is -0.369 e. The van der Waals surface area contributed by atoms with E-state index in [-0.39, 0.29) is 0 Å². The van der Waals surface area contributed by atoms with Gasteiger partial charge in [0.1, 0.15) is 5.82 Å². The van der Waals surface area contributed by atoms with Gasteiger partial charge in [-0.3, -0.25) is 0 Å². The largest absolute Gasteiger partial charge is 0.369 e. The van der Waals surface area contributed by atoms with Gasteiger partial charge < -0.3 is 5.32 Å². The van der Waals surface area contributed by atoms with Crippen LogP contribution in [0.5, 0.6) is 0 Å². The van der Waals surface area contributed by atoms with Crippen molar-refractivity contribution in [3.63, 3.8) is 0 Å². The smallest absolute Gasteiger partial charge is 0.144 e. The van der Waals surface area contributed by atoms with E-state index in [0.29, 0.717) is 15.9 Å². The fourth-order valence-corrected chi connectivity index (χ4v) is 1.55. The lowest BCUT2D eigenvalue weighted by atomic mass is 10.2. The van der Waals surface area contributed by atoms with Gasteiger partial charge in [0.05, 0.1) is 10.0 Å². The van der Waals surface area contributed by atoms with Crippen molar-refractivity contribution < 1.29 is 0 Å². The highest BCUT2D eigenvalue weighted by Crippen LogP contribution is 2.22. The lowest BCUT2D eigenvalue weighted by Gasteiger charge is -2.06. The van der Waals surface area contributed by atoms with E-state index in [1.807, 2.05) is 0 Å². The van der Waals surface area contributed by atoms with Crippen LogP contribution in [-0.4, -0.2) is 11.5 Å². The maximum absolute atomic E-state index is 5.93. The first kappa shape index (κ1) is 12.2. The van der Waals surface area contributed by atoms with E-state index in [2.05, 4.69) is 16.2 Å². The molecule has 0 amide bonds. The highest BCUT2D eigenvalue weighted by Gasteiger charge is 2.01. The molecule has 0 fully saturated rings. The average molecular weight is 243 g/mol. The third-order valence-corrected chi connectivity index (χ3v) is 2.34. The summed E-state index contributed by atoms with van der Waals surface area (Å²) in [6.45, 7) is 0.816. The Bertz CT molecular complexity index is 358. The van der Waals surface area contributed by atoms with Crippen LogP contribution >= 0.6 is 23.2 Å². The van der Waals surface area contributed by atoms with Crippen LogP contribution in [-0.2, 0) is 0 Å². The summed E-state index contributed by atoms with van der Waals surface area (Å²) in [7, 11) is 0. The van der Waals surface area contributed by atoms with E-state index < -0.39 is 0 Å². The molecule has 0 aliphatic carbocycles. The number of hydrogen-bond donors (Lipinski definition) is 1. The molecule has 2 nitrogen and oxygen atoms in total. The number of aromatic nitrogens is 1. The molecule has 0 saturated heterocycles. The van der Waals surface area contributed by atoms with Crippen molar-refractivity contribution in [2.24, 2.45) is 0 Å². The molecule has 1 heterocycles. The van der Waals surface area contributed by atoms with Crippen LogP contribution in [0.4, 0.5) is 5.82 Å². The molecule has 1 aromatic rings. The monoisotopic (exact) mass is 242 g/mol. The third kappa shape index (κ3) is 4.42. The quantitative estimate of drug-likeness (QED) is 0.631. The molecule has 0 saturated carbocycles. The summed E-state index contributed by atoms with van der Waals surface area (Å²) in [4.78, 5) is 4.08. The summed E-state index contributed by atoms with van der Waals surface area (Å²) in [6, 6.07) is 1.67. The topological polar surface area (TPSA) is 24.9 Å². The molecule has 0 aliphatic rings. The Kier molecular flexibility index (Phi) is 5.31.